The third-order valence-electron chi connectivity index (χ3n) is 4.23. The maximum absolute atomic E-state index is 12.2. The van der Waals surface area contributed by atoms with E-state index >= 15 is 0 Å². The summed E-state index contributed by atoms with van der Waals surface area (Å²) in [5.74, 6) is 0.648. The highest BCUT2D eigenvalue weighted by molar-refractivity contribution is 9.10. The Kier molecular flexibility index (Phi) is 5.05. The molecule has 0 aliphatic carbocycles. The molecule has 0 aliphatic rings. The Morgan fingerprint density at radius 3 is 2.63 bits per heavy atom. The number of amides is 1. The monoisotopic (exact) mass is 440 g/mol. The molecule has 0 unspecified atom stereocenters. The zero-order chi connectivity index (χ0) is 18.8. The summed E-state index contributed by atoms with van der Waals surface area (Å²) in [5.41, 5.74) is 3.90. The number of carbonyl (C=O) groups excluding carboxylic acids is 1. The highest BCUT2D eigenvalue weighted by Gasteiger charge is 2.12. The molecular weight excluding hydrogens is 424 g/mol. The van der Waals surface area contributed by atoms with Crippen molar-refractivity contribution in [1.82, 2.24) is 19.9 Å². The standard InChI is InChI=1S/C20H17BrN4OS/c1-13-2-4-14(5-3-13)18-23-20-25(24-18)17(12-27-20)10-11-22-19(26)15-6-8-16(21)9-7-15/h2-9,12H,10-11H2,1H3,(H,22,26). The maximum Gasteiger partial charge on any atom is 0.251 e. The number of benzene rings is 2. The van der Waals surface area contributed by atoms with Crippen molar-refractivity contribution in [2.45, 2.75) is 13.3 Å². The third-order valence-corrected chi connectivity index (χ3v) is 5.63. The van der Waals surface area contributed by atoms with Gasteiger partial charge in [0, 0.05) is 33.9 Å². The molecule has 0 aliphatic heterocycles. The van der Waals surface area contributed by atoms with Crippen LogP contribution in [0.5, 0.6) is 0 Å². The first kappa shape index (κ1) is 17.9. The van der Waals surface area contributed by atoms with Crippen LogP contribution in [-0.2, 0) is 6.42 Å². The van der Waals surface area contributed by atoms with Gasteiger partial charge in [0.1, 0.15) is 0 Å². The average molecular weight is 441 g/mol. The number of thiazole rings is 1. The molecule has 136 valence electrons. The number of hydrogen-bond acceptors (Lipinski definition) is 4. The molecule has 0 fully saturated rings. The van der Waals surface area contributed by atoms with Gasteiger partial charge in [-0.05, 0) is 31.2 Å². The number of halogens is 1. The molecule has 4 aromatic rings. The predicted molar refractivity (Wildman–Crippen MR) is 111 cm³/mol. The zero-order valence-electron chi connectivity index (χ0n) is 14.6. The van der Waals surface area contributed by atoms with Crippen LogP contribution < -0.4 is 5.32 Å². The normalized spacial score (nSPS) is 11.0. The van der Waals surface area contributed by atoms with Crippen molar-refractivity contribution >= 4 is 38.1 Å². The van der Waals surface area contributed by atoms with Gasteiger partial charge in [-0.2, -0.15) is 4.98 Å². The largest absolute Gasteiger partial charge is 0.352 e. The summed E-state index contributed by atoms with van der Waals surface area (Å²) in [6.07, 6.45) is 0.693. The zero-order valence-corrected chi connectivity index (χ0v) is 17.0. The van der Waals surface area contributed by atoms with Crippen molar-refractivity contribution in [2.75, 3.05) is 6.54 Å². The number of fused-ring (bicyclic) bond motifs is 1. The molecule has 0 saturated carbocycles. The Hall–Kier alpha value is -2.51. The lowest BCUT2D eigenvalue weighted by Gasteiger charge is -2.04. The molecule has 1 amide bonds. The Bertz CT molecular complexity index is 1080. The molecule has 0 radical (unpaired) electrons. The number of nitrogens with one attached hydrogen (secondary N) is 1. The van der Waals surface area contributed by atoms with Gasteiger partial charge in [-0.3, -0.25) is 4.79 Å². The van der Waals surface area contributed by atoms with Gasteiger partial charge >= 0.3 is 0 Å². The second kappa shape index (κ2) is 7.62. The molecule has 4 rings (SSSR count). The van der Waals surface area contributed by atoms with Crippen LogP contribution in [0.25, 0.3) is 16.3 Å². The quantitative estimate of drug-likeness (QED) is 0.496. The molecule has 0 atom stereocenters. The highest BCUT2D eigenvalue weighted by atomic mass is 79.9. The molecule has 2 aromatic heterocycles. The van der Waals surface area contributed by atoms with E-state index in [1.54, 1.807) is 23.5 Å². The average Bonchev–Trinajstić information content (AvgIpc) is 3.24. The van der Waals surface area contributed by atoms with Crippen molar-refractivity contribution in [1.29, 1.82) is 0 Å². The van der Waals surface area contributed by atoms with Crippen LogP contribution in [-0.4, -0.2) is 27.0 Å². The van der Waals surface area contributed by atoms with Crippen molar-refractivity contribution in [2.24, 2.45) is 0 Å². The lowest BCUT2D eigenvalue weighted by atomic mass is 10.1. The van der Waals surface area contributed by atoms with Gasteiger partial charge in [0.2, 0.25) is 4.96 Å². The molecule has 0 bridgehead atoms. The Morgan fingerprint density at radius 2 is 1.89 bits per heavy atom. The van der Waals surface area contributed by atoms with Crippen LogP contribution in [0.1, 0.15) is 21.6 Å². The highest BCUT2D eigenvalue weighted by Crippen LogP contribution is 2.21. The summed E-state index contributed by atoms with van der Waals surface area (Å²) in [6, 6.07) is 15.5. The van der Waals surface area contributed by atoms with Crippen LogP contribution in [0, 0.1) is 6.92 Å². The minimum absolute atomic E-state index is 0.0760. The van der Waals surface area contributed by atoms with Crippen molar-refractivity contribution < 1.29 is 4.79 Å². The van der Waals surface area contributed by atoms with Crippen molar-refractivity contribution in [3.63, 3.8) is 0 Å². The Labute approximate surface area is 169 Å². The summed E-state index contributed by atoms with van der Waals surface area (Å²) in [4.78, 5) is 17.7. The van der Waals surface area contributed by atoms with Gasteiger partial charge in [0.15, 0.2) is 5.82 Å². The first-order valence-electron chi connectivity index (χ1n) is 8.54. The molecular formula is C20H17BrN4OS. The first-order valence-corrected chi connectivity index (χ1v) is 10.2. The summed E-state index contributed by atoms with van der Waals surface area (Å²) in [7, 11) is 0. The summed E-state index contributed by atoms with van der Waals surface area (Å²) >= 11 is 4.93. The summed E-state index contributed by atoms with van der Waals surface area (Å²) in [5, 5.41) is 9.63. The van der Waals surface area contributed by atoms with E-state index in [-0.39, 0.29) is 5.91 Å². The molecule has 7 heteroatoms. The number of nitrogens with zero attached hydrogens (tertiary/aromatic N) is 3. The van der Waals surface area contributed by atoms with E-state index in [0.29, 0.717) is 18.5 Å². The van der Waals surface area contributed by atoms with E-state index in [0.717, 1.165) is 26.5 Å². The van der Waals surface area contributed by atoms with Gasteiger partial charge in [0.05, 0.1) is 5.69 Å². The van der Waals surface area contributed by atoms with Crippen molar-refractivity contribution in [3.8, 4) is 11.4 Å². The Balaban J connectivity index is 1.44. The predicted octanol–water partition coefficient (Wildman–Crippen LogP) is 4.50. The topological polar surface area (TPSA) is 59.3 Å². The minimum atomic E-state index is -0.0760. The van der Waals surface area contributed by atoms with Crippen LogP contribution in [0.2, 0.25) is 0 Å². The molecule has 2 aromatic carbocycles. The maximum atomic E-state index is 12.2. The van der Waals surface area contributed by atoms with E-state index < -0.39 is 0 Å². The number of rotatable bonds is 5. The number of aryl methyl sites for hydroxylation is 1. The molecule has 2 heterocycles. The lowest BCUT2D eigenvalue weighted by Crippen LogP contribution is -2.25. The lowest BCUT2D eigenvalue weighted by molar-refractivity contribution is 0.0954. The molecule has 1 N–H and O–H groups in total. The first-order chi connectivity index (χ1) is 13.1. The SMILES string of the molecule is Cc1ccc(-c2nc3scc(CCNC(=O)c4ccc(Br)cc4)n3n2)cc1. The number of aromatic nitrogens is 3. The van der Waals surface area contributed by atoms with Crippen LogP contribution in [0.3, 0.4) is 0 Å². The van der Waals surface area contributed by atoms with E-state index in [1.165, 1.54) is 5.56 Å². The van der Waals surface area contributed by atoms with Crippen molar-refractivity contribution in [3.05, 3.63) is 75.2 Å². The fraction of sp³-hybridized carbons (Fsp3) is 0.150. The third kappa shape index (κ3) is 3.94. The fourth-order valence-corrected chi connectivity index (χ4v) is 3.85. The molecule has 5 nitrogen and oxygen atoms in total. The van der Waals surface area contributed by atoms with Crippen LogP contribution in [0.4, 0.5) is 0 Å². The van der Waals surface area contributed by atoms with E-state index in [4.69, 9.17) is 0 Å². The summed E-state index contributed by atoms with van der Waals surface area (Å²) in [6.45, 7) is 2.60. The summed E-state index contributed by atoms with van der Waals surface area (Å²) < 4.78 is 2.82. The van der Waals surface area contributed by atoms with E-state index in [9.17, 15) is 4.79 Å². The van der Waals surface area contributed by atoms with Crippen LogP contribution in [0.15, 0.2) is 58.4 Å². The second-order valence-electron chi connectivity index (χ2n) is 6.24. The van der Waals surface area contributed by atoms with E-state index in [1.807, 2.05) is 34.2 Å². The number of carbonyl (C=O) groups is 1. The second-order valence-corrected chi connectivity index (χ2v) is 7.99. The number of hydrogen-bond donors (Lipinski definition) is 1. The Morgan fingerprint density at radius 1 is 1.15 bits per heavy atom. The molecule has 0 saturated heterocycles. The minimum Gasteiger partial charge on any atom is -0.352 e. The fourth-order valence-electron chi connectivity index (χ4n) is 2.73. The van der Waals surface area contributed by atoms with Gasteiger partial charge in [-0.25, -0.2) is 4.52 Å². The molecule has 0 spiro atoms. The van der Waals surface area contributed by atoms with Gasteiger partial charge in [-0.15, -0.1) is 16.4 Å². The van der Waals surface area contributed by atoms with Gasteiger partial charge < -0.3 is 5.32 Å². The van der Waals surface area contributed by atoms with Crippen LogP contribution >= 0.6 is 27.3 Å². The molecule has 27 heavy (non-hydrogen) atoms. The van der Waals surface area contributed by atoms with Gasteiger partial charge in [0.25, 0.3) is 5.91 Å². The van der Waals surface area contributed by atoms with Gasteiger partial charge in [-0.1, -0.05) is 45.8 Å². The smallest absolute Gasteiger partial charge is 0.251 e. The van der Waals surface area contributed by atoms with E-state index in [2.05, 4.69) is 50.4 Å².